The summed E-state index contributed by atoms with van der Waals surface area (Å²) >= 11 is 3.27. The van der Waals surface area contributed by atoms with E-state index in [1.807, 2.05) is 0 Å². The van der Waals surface area contributed by atoms with Crippen LogP contribution in [0.4, 0.5) is 5.88 Å². The van der Waals surface area contributed by atoms with Crippen molar-refractivity contribution in [2.75, 3.05) is 12.8 Å². The van der Waals surface area contributed by atoms with Gasteiger partial charge in [0.15, 0.2) is 0 Å². The molecule has 2 rings (SSSR count). The number of phenols is 1. The lowest BCUT2D eigenvalue weighted by Gasteiger charge is -2.08. The van der Waals surface area contributed by atoms with Crippen LogP contribution in [0.15, 0.2) is 27.3 Å². The molecule has 5 nitrogen and oxygen atoms in total. The maximum atomic E-state index is 9.80. The average Bonchev–Trinajstić information content (AvgIpc) is 2.65. The summed E-state index contributed by atoms with van der Waals surface area (Å²) < 4.78 is 10.5. The van der Waals surface area contributed by atoms with E-state index < -0.39 is 0 Å². The van der Waals surface area contributed by atoms with Crippen LogP contribution >= 0.6 is 15.9 Å². The predicted molar refractivity (Wildman–Crippen MR) is 62.3 cm³/mol. The molecule has 0 saturated heterocycles. The van der Waals surface area contributed by atoms with E-state index in [9.17, 15) is 5.11 Å². The normalized spacial score (nSPS) is 10.4. The molecule has 1 heterocycles. The highest BCUT2D eigenvalue weighted by molar-refractivity contribution is 9.10. The molecular formula is C10H9BrN2O3. The van der Waals surface area contributed by atoms with Crippen molar-refractivity contribution >= 4 is 21.8 Å². The SMILES string of the molecule is COc1cc(-c2cnoc2N)c(O)cc1Br. The second-order valence-electron chi connectivity index (χ2n) is 3.11. The van der Waals surface area contributed by atoms with Gasteiger partial charge in [-0.25, -0.2) is 0 Å². The van der Waals surface area contributed by atoms with Crippen molar-refractivity contribution < 1.29 is 14.4 Å². The van der Waals surface area contributed by atoms with Crippen molar-refractivity contribution in [1.82, 2.24) is 5.16 Å². The smallest absolute Gasteiger partial charge is 0.230 e. The van der Waals surface area contributed by atoms with E-state index in [0.717, 1.165) is 0 Å². The van der Waals surface area contributed by atoms with Gasteiger partial charge < -0.3 is 20.1 Å². The summed E-state index contributed by atoms with van der Waals surface area (Å²) in [6, 6.07) is 3.18. The summed E-state index contributed by atoms with van der Waals surface area (Å²) in [6.07, 6.45) is 1.44. The lowest BCUT2D eigenvalue weighted by Crippen LogP contribution is -1.89. The maximum absolute atomic E-state index is 9.80. The van der Waals surface area contributed by atoms with E-state index in [1.165, 1.54) is 19.4 Å². The van der Waals surface area contributed by atoms with Gasteiger partial charge in [-0.05, 0) is 28.1 Å². The maximum Gasteiger partial charge on any atom is 0.230 e. The number of aromatic nitrogens is 1. The van der Waals surface area contributed by atoms with Gasteiger partial charge in [0.2, 0.25) is 5.88 Å². The summed E-state index contributed by atoms with van der Waals surface area (Å²) in [5, 5.41) is 13.4. The molecular weight excluding hydrogens is 276 g/mol. The summed E-state index contributed by atoms with van der Waals surface area (Å²) in [7, 11) is 1.54. The van der Waals surface area contributed by atoms with Crippen LogP contribution in [0.5, 0.6) is 11.5 Å². The summed E-state index contributed by atoms with van der Waals surface area (Å²) in [6.45, 7) is 0. The van der Waals surface area contributed by atoms with Gasteiger partial charge >= 0.3 is 0 Å². The van der Waals surface area contributed by atoms with Gasteiger partial charge in [0.25, 0.3) is 0 Å². The van der Waals surface area contributed by atoms with Gasteiger partial charge in [0.05, 0.1) is 23.3 Å². The van der Waals surface area contributed by atoms with Crippen LogP contribution in [0.1, 0.15) is 0 Å². The van der Waals surface area contributed by atoms with E-state index in [0.29, 0.717) is 21.3 Å². The summed E-state index contributed by atoms with van der Waals surface area (Å²) in [5.74, 6) is 0.815. The lowest BCUT2D eigenvalue weighted by molar-refractivity contribution is 0.410. The summed E-state index contributed by atoms with van der Waals surface area (Å²) in [5.41, 5.74) is 6.62. The second kappa shape index (κ2) is 4.05. The molecule has 0 radical (unpaired) electrons. The van der Waals surface area contributed by atoms with E-state index in [-0.39, 0.29) is 11.6 Å². The molecule has 3 N–H and O–H groups in total. The highest BCUT2D eigenvalue weighted by atomic mass is 79.9. The first kappa shape index (κ1) is 10.8. The number of benzene rings is 1. The number of hydrogen-bond donors (Lipinski definition) is 2. The lowest BCUT2D eigenvalue weighted by atomic mass is 10.1. The van der Waals surface area contributed by atoms with Gasteiger partial charge in [0.1, 0.15) is 11.5 Å². The molecule has 0 fully saturated rings. The minimum atomic E-state index is 0.0718. The number of phenolic OH excluding ortho intramolecular Hbond substituents is 1. The van der Waals surface area contributed by atoms with Crippen molar-refractivity contribution in [3.05, 3.63) is 22.8 Å². The molecule has 0 aliphatic heterocycles. The third-order valence-corrected chi connectivity index (χ3v) is 2.78. The van der Waals surface area contributed by atoms with E-state index >= 15 is 0 Å². The Labute approximate surface area is 99.9 Å². The molecule has 0 aliphatic carbocycles. The molecule has 6 heteroatoms. The fraction of sp³-hybridized carbons (Fsp3) is 0.100. The number of nitrogen functional groups attached to an aromatic ring is 1. The van der Waals surface area contributed by atoms with Crippen molar-refractivity contribution in [2.24, 2.45) is 0 Å². The Balaban J connectivity index is 2.61. The number of rotatable bonds is 2. The highest BCUT2D eigenvalue weighted by Crippen LogP contribution is 2.39. The van der Waals surface area contributed by atoms with Gasteiger partial charge in [-0.1, -0.05) is 5.16 Å². The number of nitrogens with zero attached hydrogens (tertiary/aromatic N) is 1. The first-order valence-corrected chi connectivity index (χ1v) is 5.19. The third-order valence-electron chi connectivity index (χ3n) is 2.16. The average molecular weight is 285 g/mol. The van der Waals surface area contributed by atoms with Crippen LogP contribution in [0.25, 0.3) is 11.1 Å². The van der Waals surface area contributed by atoms with E-state index in [2.05, 4.69) is 21.1 Å². The molecule has 0 saturated carbocycles. The highest BCUT2D eigenvalue weighted by Gasteiger charge is 2.14. The first-order chi connectivity index (χ1) is 7.63. The molecule has 16 heavy (non-hydrogen) atoms. The third kappa shape index (κ3) is 1.71. The molecule has 0 bridgehead atoms. The predicted octanol–water partition coefficient (Wildman–Crippen LogP) is 2.40. The zero-order chi connectivity index (χ0) is 11.7. The monoisotopic (exact) mass is 284 g/mol. The van der Waals surface area contributed by atoms with Crippen molar-refractivity contribution in [3.8, 4) is 22.6 Å². The van der Waals surface area contributed by atoms with Gasteiger partial charge in [-0.3, -0.25) is 0 Å². The molecule has 0 aliphatic rings. The number of nitrogens with two attached hydrogens (primary N) is 1. The molecule has 0 unspecified atom stereocenters. The van der Waals surface area contributed by atoms with Gasteiger partial charge in [-0.15, -0.1) is 0 Å². The van der Waals surface area contributed by atoms with Gasteiger partial charge in [-0.2, -0.15) is 0 Å². The van der Waals surface area contributed by atoms with Gasteiger partial charge in [0, 0.05) is 5.56 Å². The van der Waals surface area contributed by atoms with Crippen LogP contribution in [0.2, 0.25) is 0 Å². The Morgan fingerprint density at radius 3 is 2.75 bits per heavy atom. The Morgan fingerprint density at radius 1 is 1.44 bits per heavy atom. The van der Waals surface area contributed by atoms with Crippen molar-refractivity contribution in [2.45, 2.75) is 0 Å². The van der Waals surface area contributed by atoms with Crippen LogP contribution in [-0.2, 0) is 0 Å². The Hall–Kier alpha value is -1.69. The molecule has 0 spiro atoms. The zero-order valence-electron chi connectivity index (χ0n) is 8.40. The number of aromatic hydroxyl groups is 1. The Morgan fingerprint density at radius 2 is 2.19 bits per heavy atom. The fourth-order valence-electron chi connectivity index (χ4n) is 1.37. The number of ether oxygens (including phenoxy) is 1. The number of anilines is 1. The topological polar surface area (TPSA) is 81.5 Å². The molecule has 84 valence electrons. The zero-order valence-corrected chi connectivity index (χ0v) is 9.98. The standard InChI is InChI=1S/C10H9BrN2O3/c1-15-9-2-5(8(14)3-7(9)11)6-4-13-16-10(6)12/h2-4,14H,12H2,1H3. The number of halogens is 1. The van der Waals surface area contributed by atoms with Crippen LogP contribution in [0.3, 0.4) is 0 Å². The van der Waals surface area contributed by atoms with Crippen LogP contribution in [-0.4, -0.2) is 17.4 Å². The molecule has 1 aromatic heterocycles. The van der Waals surface area contributed by atoms with E-state index in [1.54, 1.807) is 6.07 Å². The molecule has 1 aromatic carbocycles. The molecule has 0 amide bonds. The van der Waals surface area contributed by atoms with Crippen molar-refractivity contribution in [1.29, 1.82) is 0 Å². The molecule has 0 atom stereocenters. The van der Waals surface area contributed by atoms with Crippen LogP contribution in [0, 0.1) is 0 Å². The minimum Gasteiger partial charge on any atom is -0.507 e. The van der Waals surface area contributed by atoms with E-state index in [4.69, 9.17) is 15.0 Å². The first-order valence-electron chi connectivity index (χ1n) is 4.40. The largest absolute Gasteiger partial charge is 0.507 e. The fourth-order valence-corrected chi connectivity index (χ4v) is 1.86. The Bertz CT molecular complexity index is 525. The quantitative estimate of drug-likeness (QED) is 0.885. The minimum absolute atomic E-state index is 0.0718. The molecule has 2 aromatic rings. The second-order valence-corrected chi connectivity index (χ2v) is 3.96. The Kier molecular flexibility index (Phi) is 2.74. The number of methoxy groups -OCH3 is 1. The number of hydrogen-bond acceptors (Lipinski definition) is 5. The van der Waals surface area contributed by atoms with Crippen LogP contribution < -0.4 is 10.5 Å². The summed E-state index contributed by atoms with van der Waals surface area (Å²) in [4.78, 5) is 0. The van der Waals surface area contributed by atoms with Crippen molar-refractivity contribution in [3.63, 3.8) is 0 Å².